The Bertz CT molecular complexity index is 610. The standard InChI is InChI=1S/C19H22N2O/c1-2-3-5-11-18(14-17-9-6-4-7-10-17)15-20-21-16-19-12-8-13-22-19/h4,6-10,12-16H,2-3,5,11H2,1H3/b18-14+,20-15-,21-16+. The number of nitrogens with zero attached hydrogens (tertiary/aromatic N) is 2. The van der Waals surface area contributed by atoms with Crippen molar-refractivity contribution in [3.05, 3.63) is 65.6 Å². The van der Waals surface area contributed by atoms with Crippen LogP contribution in [0, 0.1) is 0 Å². The lowest BCUT2D eigenvalue weighted by Gasteiger charge is -2.01. The first kappa shape index (κ1) is 16.0. The van der Waals surface area contributed by atoms with Gasteiger partial charge in [0.25, 0.3) is 0 Å². The molecule has 3 heteroatoms. The highest BCUT2D eigenvalue weighted by molar-refractivity contribution is 5.86. The van der Waals surface area contributed by atoms with Crippen LogP contribution in [-0.2, 0) is 0 Å². The molecule has 1 aromatic carbocycles. The SMILES string of the molecule is CCCCCC(/C=N\N=C\c1ccco1)=C\c1ccccc1. The van der Waals surface area contributed by atoms with Gasteiger partial charge in [-0.25, -0.2) is 0 Å². The lowest BCUT2D eigenvalue weighted by atomic mass is 10.1. The van der Waals surface area contributed by atoms with E-state index in [4.69, 9.17) is 4.42 Å². The normalized spacial score (nSPS) is 12.5. The first-order valence-electron chi connectivity index (χ1n) is 7.74. The third-order valence-electron chi connectivity index (χ3n) is 3.24. The Morgan fingerprint density at radius 2 is 1.91 bits per heavy atom. The van der Waals surface area contributed by atoms with E-state index in [1.807, 2.05) is 36.5 Å². The predicted molar refractivity (Wildman–Crippen MR) is 93.4 cm³/mol. The summed E-state index contributed by atoms with van der Waals surface area (Å²) in [7, 11) is 0. The molecule has 0 unspecified atom stereocenters. The van der Waals surface area contributed by atoms with Gasteiger partial charge in [0.2, 0.25) is 0 Å². The van der Waals surface area contributed by atoms with Gasteiger partial charge >= 0.3 is 0 Å². The summed E-state index contributed by atoms with van der Waals surface area (Å²) in [6.45, 7) is 2.21. The zero-order valence-electron chi connectivity index (χ0n) is 13.0. The van der Waals surface area contributed by atoms with E-state index in [0.717, 1.165) is 6.42 Å². The minimum absolute atomic E-state index is 0.705. The first-order chi connectivity index (χ1) is 10.9. The molecule has 0 aliphatic heterocycles. The molecule has 0 amide bonds. The summed E-state index contributed by atoms with van der Waals surface area (Å²) in [6, 6.07) is 14.0. The second-order valence-corrected chi connectivity index (χ2v) is 5.09. The molecule has 0 aliphatic carbocycles. The van der Waals surface area contributed by atoms with Gasteiger partial charge in [0.05, 0.1) is 18.7 Å². The number of furan rings is 1. The summed E-state index contributed by atoms with van der Waals surface area (Å²) in [5, 5.41) is 8.17. The monoisotopic (exact) mass is 294 g/mol. The van der Waals surface area contributed by atoms with Crippen LogP contribution in [0.1, 0.15) is 43.9 Å². The van der Waals surface area contributed by atoms with Gasteiger partial charge in [-0.15, -0.1) is 0 Å². The van der Waals surface area contributed by atoms with E-state index < -0.39 is 0 Å². The second kappa shape index (κ2) is 9.50. The van der Waals surface area contributed by atoms with Crippen LogP contribution in [0.2, 0.25) is 0 Å². The molecule has 114 valence electrons. The summed E-state index contributed by atoms with van der Waals surface area (Å²) in [6.07, 6.45) is 11.9. The fourth-order valence-electron chi connectivity index (χ4n) is 2.08. The van der Waals surface area contributed by atoms with Gasteiger partial charge in [-0.3, -0.25) is 0 Å². The predicted octanol–water partition coefficient (Wildman–Crippen LogP) is 5.35. The lowest BCUT2D eigenvalue weighted by Crippen LogP contribution is -1.87. The van der Waals surface area contributed by atoms with Gasteiger partial charge < -0.3 is 4.42 Å². The molecular weight excluding hydrogens is 272 g/mol. The van der Waals surface area contributed by atoms with Crippen molar-refractivity contribution in [1.82, 2.24) is 0 Å². The van der Waals surface area contributed by atoms with Crippen molar-refractivity contribution in [3.8, 4) is 0 Å². The van der Waals surface area contributed by atoms with Gasteiger partial charge in [-0.2, -0.15) is 10.2 Å². The van der Waals surface area contributed by atoms with Gasteiger partial charge in [-0.05, 0) is 36.1 Å². The number of benzene rings is 1. The van der Waals surface area contributed by atoms with Crippen LogP contribution in [0.4, 0.5) is 0 Å². The maximum absolute atomic E-state index is 5.18. The molecule has 0 saturated heterocycles. The van der Waals surface area contributed by atoms with Crippen LogP contribution in [0.25, 0.3) is 6.08 Å². The highest BCUT2D eigenvalue weighted by Crippen LogP contribution is 2.12. The Morgan fingerprint density at radius 1 is 1.05 bits per heavy atom. The van der Waals surface area contributed by atoms with Crippen LogP contribution in [-0.4, -0.2) is 12.4 Å². The second-order valence-electron chi connectivity index (χ2n) is 5.09. The van der Waals surface area contributed by atoms with Gasteiger partial charge in [0.1, 0.15) is 5.76 Å². The van der Waals surface area contributed by atoms with Crippen molar-refractivity contribution in [2.45, 2.75) is 32.6 Å². The Kier molecular flexibility index (Phi) is 6.89. The number of rotatable bonds is 8. The maximum atomic E-state index is 5.18. The molecule has 0 saturated carbocycles. The van der Waals surface area contributed by atoms with Crippen molar-refractivity contribution in [1.29, 1.82) is 0 Å². The van der Waals surface area contributed by atoms with Gasteiger partial charge in [0, 0.05) is 0 Å². The quantitative estimate of drug-likeness (QED) is 0.367. The highest BCUT2D eigenvalue weighted by atomic mass is 16.3. The zero-order chi connectivity index (χ0) is 15.5. The molecule has 0 bridgehead atoms. The summed E-state index contributed by atoms with van der Waals surface area (Å²) in [5.74, 6) is 0.705. The molecule has 0 atom stereocenters. The maximum Gasteiger partial charge on any atom is 0.146 e. The van der Waals surface area contributed by atoms with E-state index in [2.05, 4.69) is 35.3 Å². The molecule has 0 radical (unpaired) electrons. The molecule has 1 heterocycles. The summed E-state index contributed by atoms with van der Waals surface area (Å²) < 4.78 is 5.18. The van der Waals surface area contributed by atoms with Crippen LogP contribution < -0.4 is 0 Å². The Labute approximate surface area is 132 Å². The first-order valence-corrected chi connectivity index (χ1v) is 7.74. The molecule has 2 rings (SSSR count). The molecule has 0 spiro atoms. The fourth-order valence-corrected chi connectivity index (χ4v) is 2.08. The number of allylic oxidation sites excluding steroid dienone is 1. The van der Waals surface area contributed by atoms with Crippen LogP contribution >= 0.6 is 0 Å². The van der Waals surface area contributed by atoms with Crippen molar-refractivity contribution >= 4 is 18.5 Å². The molecule has 1 aromatic heterocycles. The molecule has 22 heavy (non-hydrogen) atoms. The Hall–Kier alpha value is -2.42. The third kappa shape index (κ3) is 5.92. The Morgan fingerprint density at radius 3 is 2.64 bits per heavy atom. The van der Waals surface area contributed by atoms with Crippen molar-refractivity contribution in [2.75, 3.05) is 0 Å². The molecule has 0 aliphatic rings. The Balaban J connectivity index is 2.02. The van der Waals surface area contributed by atoms with Crippen molar-refractivity contribution in [2.24, 2.45) is 10.2 Å². The topological polar surface area (TPSA) is 37.9 Å². The van der Waals surface area contributed by atoms with E-state index in [1.54, 1.807) is 12.5 Å². The molecule has 3 nitrogen and oxygen atoms in total. The summed E-state index contributed by atoms with van der Waals surface area (Å²) in [4.78, 5) is 0. The minimum Gasteiger partial charge on any atom is -0.463 e. The number of hydrogen-bond donors (Lipinski definition) is 0. The smallest absolute Gasteiger partial charge is 0.146 e. The van der Waals surface area contributed by atoms with Crippen LogP contribution in [0.5, 0.6) is 0 Å². The van der Waals surface area contributed by atoms with Crippen molar-refractivity contribution in [3.63, 3.8) is 0 Å². The van der Waals surface area contributed by atoms with E-state index in [-0.39, 0.29) is 0 Å². The van der Waals surface area contributed by atoms with Crippen molar-refractivity contribution < 1.29 is 4.42 Å². The fraction of sp³-hybridized carbons (Fsp3) is 0.263. The molecule has 2 aromatic rings. The average molecular weight is 294 g/mol. The molecule has 0 fully saturated rings. The average Bonchev–Trinajstić information content (AvgIpc) is 3.06. The minimum atomic E-state index is 0.705. The van der Waals surface area contributed by atoms with Crippen LogP contribution in [0.15, 0.2) is 68.9 Å². The zero-order valence-corrected chi connectivity index (χ0v) is 13.0. The van der Waals surface area contributed by atoms with Crippen LogP contribution in [0.3, 0.4) is 0 Å². The highest BCUT2D eigenvalue weighted by Gasteiger charge is 1.96. The summed E-state index contributed by atoms with van der Waals surface area (Å²) >= 11 is 0. The van der Waals surface area contributed by atoms with E-state index in [1.165, 1.54) is 30.4 Å². The lowest BCUT2D eigenvalue weighted by molar-refractivity contribution is 0.560. The van der Waals surface area contributed by atoms with Gasteiger partial charge in [0.15, 0.2) is 0 Å². The molecule has 0 N–H and O–H groups in total. The van der Waals surface area contributed by atoms with E-state index in [9.17, 15) is 0 Å². The van der Waals surface area contributed by atoms with Gasteiger partial charge in [-0.1, -0.05) is 56.2 Å². The van der Waals surface area contributed by atoms with E-state index >= 15 is 0 Å². The number of hydrogen-bond acceptors (Lipinski definition) is 3. The molecular formula is C19H22N2O. The largest absolute Gasteiger partial charge is 0.463 e. The summed E-state index contributed by atoms with van der Waals surface area (Å²) in [5.41, 5.74) is 2.38. The third-order valence-corrected chi connectivity index (χ3v) is 3.24. The number of unbranched alkanes of at least 4 members (excludes halogenated alkanes) is 2. The van der Waals surface area contributed by atoms with E-state index in [0.29, 0.717) is 5.76 Å².